The Morgan fingerprint density at radius 2 is 1.32 bits per heavy atom. The summed E-state index contributed by atoms with van der Waals surface area (Å²) in [6.07, 6.45) is 6.03. The first-order valence-electron chi connectivity index (χ1n) is 14.2. The molecule has 4 heteroatoms. The van der Waals surface area contributed by atoms with Gasteiger partial charge in [0.05, 0.1) is 0 Å². The molecular formula is C37H37ClN2O. The van der Waals surface area contributed by atoms with Crippen molar-refractivity contribution in [3.63, 3.8) is 0 Å². The van der Waals surface area contributed by atoms with Gasteiger partial charge in [0.15, 0.2) is 0 Å². The molecule has 0 aliphatic heterocycles. The summed E-state index contributed by atoms with van der Waals surface area (Å²) in [6.45, 7) is 12.8. The van der Waals surface area contributed by atoms with Gasteiger partial charge >= 0.3 is 0 Å². The lowest BCUT2D eigenvalue weighted by atomic mass is 9.95. The minimum Gasteiger partial charge on any atom is -0.508 e. The summed E-state index contributed by atoms with van der Waals surface area (Å²) in [5.41, 5.74) is 8.58. The number of benzene rings is 4. The maximum Gasteiger partial charge on any atom is 0.115 e. The third kappa shape index (κ3) is 6.58. The molecule has 0 bridgehead atoms. The average molecular weight is 561 g/mol. The number of aliphatic hydroxyl groups is 1. The maximum absolute atomic E-state index is 10.5. The van der Waals surface area contributed by atoms with E-state index in [1.165, 1.54) is 25.7 Å². The highest BCUT2D eigenvalue weighted by Crippen LogP contribution is 2.39. The molecule has 0 unspecified atom stereocenters. The van der Waals surface area contributed by atoms with E-state index in [9.17, 15) is 5.11 Å². The van der Waals surface area contributed by atoms with Crippen molar-refractivity contribution >= 4 is 45.7 Å². The smallest absolute Gasteiger partial charge is 0.115 e. The van der Waals surface area contributed by atoms with E-state index < -0.39 is 0 Å². The number of hydrogen-bond acceptors (Lipinski definition) is 3. The number of nitrogens with zero attached hydrogens (tertiary/aromatic N) is 2. The number of rotatable bonds is 10. The molecule has 1 aliphatic carbocycles. The number of halogens is 1. The van der Waals surface area contributed by atoms with Crippen LogP contribution in [0.15, 0.2) is 122 Å². The van der Waals surface area contributed by atoms with Crippen LogP contribution in [0.5, 0.6) is 0 Å². The third-order valence-corrected chi connectivity index (χ3v) is 8.26. The number of para-hydroxylation sites is 1. The maximum atomic E-state index is 10.5. The fraction of sp³-hybridized carbons (Fsp3) is 0.189. The summed E-state index contributed by atoms with van der Waals surface area (Å²) in [5.74, 6) is 0.680. The first-order chi connectivity index (χ1) is 19.8. The highest BCUT2D eigenvalue weighted by atomic mass is 35.5. The summed E-state index contributed by atoms with van der Waals surface area (Å²) in [6, 6.07) is 32.5. The molecule has 0 saturated heterocycles. The first-order valence-corrected chi connectivity index (χ1v) is 14.5. The van der Waals surface area contributed by atoms with Gasteiger partial charge in [-0.25, -0.2) is 0 Å². The van der Waals surface area contributed by atoms with E-state index in [0.717, 1.165) is 51.6 Å². The summed E-state index contributed by atoms with van der Waals surface area (Å²) in [4.78, 5) is 4.33. The molecule has 4 aromatic rings. The molecule has 1 saturated carbocycles. The van der Waals surface area contributed by atoms with Crippen molar-refractivity contribution in [2.24, 2.45) is 5.92 Å². The van der Waals surface area contributed by atoms with E-state index in [-0.39, 0.29) is 5.76 Å². The summed E-state index contributed by atoms with van der Waals surface area (Å²) in [5, 5.41) is 11.2. The Morgan fingerprint density at radius 1 is 0.732 bits per heavy atom. The van der Waals surface area contributed by atoms with E-state index in [1.807, 2.05) is 61.6 Å². The molecule has 1 aliphatic rings. The van der Waals surface area contributed by atoms with Crippen LogP contribution in [0, 0.1) is 5.92 Å². The predicted molar refractivity (Wildman–Crippen MR) is 176 cm³/mol. The van der Waals surface area contributed by atoms with E-state index in [0.29, 0.717) is 16.5 Å². The minimum atomic E-state index is 0.0234. The topological polar surface area (TPSA) is 26.7 Å². The Balaban J connectivity index is 1.48. The zero-order valence-corrected chi connectivity index (χ0v) is 24.4. The van der Waals surface area contributed by atoms with Crippen molar-refractivity contribution in [3.05, 3.63) is 144 Å². The second kappa shape index (κ2) is 12.5. The van der Waals surface area contributed by atoms with Crippen molar-refractivity contribution in [2.45, 2.75) is 32.1 Å². The molecule has 1 N–H and O–H groups in total. The van der Waals surface area contributed by atoms with Gasteiger partial charge in [-0.15, -0.1) is 0 Å². The summed E-state index contributed by atoms with van der Waals surface area (Å²) in [7, 11) is 2.03. The Kier molecular flexibility index (Phi) is 8.66. The molecular weight excluding hydrogens is 524 g/mol. The minimum absolute atomic E-state index is 0.0234. The lowest BCUT2D eigenvalue weighted by Gasteiger charge is -2.30. The number of allylic oxidation sites excluding steroid dienone is 1. The highest BCUT2D eigenvalue weighted by molar-refractivity contribution is 6.30. The van der Waals surface area contributed by atoms with Gasteiger partial charge in [-0.1, -0.05) is 87.4 Å². The van der Waals surface area contributed by atoms with Gasteiger partial charge in [0.25, 0.3) is 0 Å². The van der Waals surface area contributed by atoms with Gasteiger partial charge in [-0.2, -0.15) is 0 Å². The van der Waals surface area contributed by atoms with Gasteiger partial charge in [-0.05, 0) is 95.8 Å². The molecule has 208 valence electrons. The van der Waals surface area contributed by atoms with Crippen molar-refractivity contribution in [2.75, 3.05) is 16.8 Å². The molecule has 0 heterocycles. The van der Waals surface area contributed by atoms with Crippen LogP contribution in [0.1, 0.15) is 48.8 Å². The molecule has 4 aromatic carbocycles. The van der Waals surface area contributed by atoms with E-state index >= 15 is 0 Å². The molecule has 0 spiro atoms. The van der Waals surface area contributed by atoms with Crippen LogP contribution in [-0.4, -0.2) is 12.2 Å². The second-order valence-corrected chi connectivity index (χ2v) is 11.3. The van der Waals surface area contributed by atoms with Gasteiger partial charge in [0, 0.05) is 46.1 Å². The van der Waals surface area contributed by atoms with Crippen molar-refractivity contribution in [3.8, 4) is 0 Å². The fourth-order valence-electron chi connectivity index (χ4n) is 5.68. The van der Waals surface area contributed by atoms with Gasteiger partial charge < -0.3 is 14.9 Å². The molecule has 41 heavy (non-hydrogen) atoms. The van der Waals surface area contributed by atoms with E-state index in [2.05, 4.69) is 72.0 Å². The van der Waals surface area contributed by atoms with Gasteiger partial charge in [-0.3, -0.25) is 0 Å². The Labute approximate surface area is 249 Å². The van der Waals surface area contributed by atoms with Crippen LogP contribution in [-0.2, 0) is 0 Å². The van der Waals surface area contributed by atoms with Crippen LogP contribution < -0.4 is 9.80 Å². The Bertz CT molecular complexity index is 1530. The monoisotopic (exact) mass is 560 g/mol. The summed E-state index contributed by atoms with van der Waals surface area (Å²) >= 11 is 6.07. The van der Waals surface area contributed by atoms with Crippen LogP contribution in [0.3, 0.4) is 0 Å². The summed E-state index contributed by atoms with van der Waals surface area (Å²) < 4.78 is 0. The van der Waals surface area contributed by atoms with Gasteiger partial charge in [0.2, 0.25) is 0 Å². The second-order valence-electron chi connectivity index (χ2n) is 10.9. The van der Waals surface area contributed by atoms with Crippen molar-refractivity contribution < 1.29 is 5.11 Å². The predicted octanol–water partition coefficient (Wildman–Crippen LogP) is 10.9. The molecule has 0 amide bonds. The largest absolute Gasteiger partial charge is 0.508 e. The van der Waals surface area contributed by atoms with Gasteiger partial charge in [0.1, 0.15) is 5.76 Å². The van der Waals surface area contributed by atoms with Crippen LogP contribution in [0.25, 0.3) is 11.3 Å². The molecule has 0 atom stereocenters. The highest BCUT2D eigenvalue weighted by Gasteiger charge is 2.22. The molecule has 0 aromatic heterocycles. The zero-order chi connectivity index (χ0) is 28.9. The van der Waals surface area contributed by atoms with E-state index in [1.54, 1.807) is 0 Å². The zero-order valence-electron chi connectivity index (χ0n) is 23.7. The first kappa shape index (κ1) is 28.3. The molecule has 1 fully saturated rings. The molecule has 3 nitrogen and oxygen atoms in total. The van der Waals surface area contributed by atoms with Crippen molar-refractivity contribution in [1.29, 1.82) is 0 Å². The van der Waals surface area contributed by atoms with Crippen LogP contribution >= 0.6 is 11.6 Å². The normalized spacial score (nSPS) is 13.1. The lowest BCUT2D eigenvalue weighted by Crippen LogP contribution is -2.18. The Morgan fingerprint density at radius 3 is 1.93 bits per heavy atom. The molecule has 0 radical (unpaired) electrons. The lowest BCUT2D eigenvalue weighted by molar-refractivity contribution is 0.514. The van der Waals surface area contributed by atoms with Crippen LogP contribution in [0.4, 0.5) is 22.7 Å². The van der Waals surface area contributed by atoms with Crippen LogP contribution in [0.2, 0.25) is 5.02 Å². The van der Waals surface area contributed by atoms with Crippen molar-refractivity contribution in [1.82, 2.24) is 0 Å². The number of aliphatic hydroxyl groups excluding tert-OH is 1. The number of hydrogen-bond donors (Lipinski definition) is 1. The fourth-order valence-corrected chi connectivity index (χ4v) is 5.80. The average Bonchev–Trinajstić information content (AvgIpc) is 3.50. The quantitative estimate of drug-likeness (QED) is 0.195. The SMILES string of the molecule is C=C(O)c1cc(C(=C)c2ccc(N(C)c3ccc(Cl)cc3)cc2)cc(N(C(=C)CC2CCCC2)c2ccccc2)c1. The van der Waals surface area contributed by atoms with E-state index in [4.69, 9.17) is 11.6 Å². The number of anilines is 4. The third-order valence-electron chi connectivity index (χ3n) is 8.00. The standard InChI is InChI=1S/C37H37ClN2O/c1-26(22-29-10-8-9-11-29)40(36-12-6-5-7-13-36)37-24-31(23-32(25-37)28(3)41)27(2)30-14-18-34(19-15-30)39(4)35-20-16-33(38)17-21-35/h5-7,12-21,23-25,29,41H,1-3,8-11,22H2,4H3. The Hall–Kier alpha value is -4.21. The molecule has 5 rings (SSSR count).